The van der Waals surface area contributed by atoms with Crippen LogP contribution < -0.4 is 0 Å². The Morgan fingerprint density at radius 3 is 0.763 bits per heavy atom. The zero-order valence-electron chi connectivity index (χ0n) is 51.3. The molecule has 0 saturated heterocycles. The van der Waals surface area contributed by atoms with Crippen molar-refractivity contribution in [2.75, 3.05) is 13.2 Å². The molecule has 0 bridgehead atoms. The van der Waals surface area contributed by atoms with Crippen molar-refractivity contribution in [3.05, 3.63) is 36.5 Å². The van der Waals surface area contributed by atoms with Gasteiger partial charge in [-0.1, -0.05) is 333 Å². The Morgan fingerprint density at radius 2 is 0.474 bits per heavy atom. The fourth-order valence-electron chi connectivity index (χ4n) is 10.3. The maximum absolute atomic E-state index is 12.8. The SMILES string of the molecule is CCCCC/C=C\C/C=C\C/C=C\CCCCCCCCC(=O)OC(COC(=O)CCCCCCCC)COC(=O)CCCCCCCCCCCCCCCCCCCCCCCCCCCCCCCCCCC. The standard InChI is InChI=1S/C70H130O6/c1-4-7-10-13-16-18-20-22-24-26-28-29-30-31-32-33-34-35-36-37-38-39-40-41-43-44-46-48-50-52-54-57-60-63-69(72)75-66-67(65-74-68(71)62-59-56-15-12-9-6-3)76-70(73)64-61-58-55-53-51-49-47-45-42-27-25-23-21-19-17-14-11-8-5-2/h17,19,23,25,42,45,67H,4-16,18,20-22,24,26-41,43-44,46-66H2,1-3H3/b19-17-,25-23-,45-42-. The first-order valence-corrected chi connectivity index (χ1v) is 34.0. The summed E-state index contributed by atoms with van der Waals surface area (Å²) in [6.07, 6.45) is 80.8. The molecule has 0 amide bonds. The first kappa shape index (κ1) is 73.6. The maximum atomic E-state index is 12.8. The van der Waals surface area contributed by atoms with Crippen LogP contribution in [0.15, 0.2) is 36.5 Å². The molecule has 0 rings (SSSR count). The molecule has 6 nitrogen and oxygen atoms in total. The van der Waals surface area contributed by atoms with Gasteiger partial charge >= 0.3 is 17.9 Å². The van der Waals surface area contributed by atoms with Crippen LogP contribution in [0, 0.1) is 0 Å². The van der Waals surface area contributed by atoms with Crippen LogP contribution >= 0.6 is 0 Å². The van der Waals surface area contributed by atoms with Crippen molar-refractivity contribution in [3.63, 3.8) is 0 Å². The fraction of sp³-hybridized carbons (Fsp3) is 0.871. The first-order chi connectivity index (χ1) is 37.5. The summed E-state index contributed by atoms with van der Waals surface area (Å²) in [6, 6.07) is 0. The number of unbranched alkanes of at least 4 members (excludes halogenated alkanes) is 46. The third-order valence-corrected chi connectivity index (χ3v) is 15.4. The molecule has 0 aliphatic carbocycles. The Hall–Kier alpha value is -2.37. The van der Waals surface area contributed by atoms with E-state index in [-0.39, 0.29) is 31.1 Å². The van der Waals surface area contributed by atoms with E-state index in [0.29, 0.717) is 19.3 Å². The van der Waals surface area contributed by atoms with Gasteiger partial charge in [-0.05, 0) is 57.8 Å². The zero-order chi connectivity index (χ0) is 55.0. The molecule has 0 fully saturated rings. The second-order valence-corrected chi connectivity index (χ2v) is 23.1. The molecule has 0 N–H and O–H groups in total. The average molecular weight is 1070 g/mol. The van der Waals surface area contributed by atoms with E-state index < -0.39 is 6.10 Å². The van der Waals surface area contributed by atoms with Gasteiger partial charge in [0.25, 0.3) is 0 Å². The largest absolute Gasteiger partial charge is 0.462 e. The number of allylic oxidation sites excluding steroid dienone is 6. The van der Waals surface area contributed by atoms with Gasteiger partial charge in [-0.15, -0.1) is 0 Å². The highest BCUT2D eigenvalue weighted by Crippen LogP contribution is 2.18. The summed E-state index contributed by atoms with van der Waals surface area (Å²) < 4.78 is 16.8. The molecule has 0 aliphatic rings. The number of rotatable bonds is 63. The monoisotopic (exact) mass is 1070 g/mol. The second kappa shape index (κ2) is 65.2. The van der Waals surface area contributed by atoms with Gasteiger partial charge in [0, 0.05) is 19.3 Å². The summed E-state index contributed by atoms with van der Waals surface area (Å²) in [5.41, 5.74) is 0. The van der Waals surface area contributed by atoms with Gasteiger partial charge in [0.2, 0.25) is 0 Å². The fourth-order valence-corrected chi connectivity index (χ4v) is 10.3. The number of hydrogen-bond donors (Lipinski definition) is 0. The maximum Gasteiger partial charge on any atom is 0.306 e. The minimum atomic E-state index is -0.774. The summed E-state index contributed by atoms with van der Waals surface area (Å²) in [7, 11) is 0. The van der Waals surface area contributed by atoms with E-state index in [1.54, 1.807) is 0 Å². The molecule has 0 aromatic heterocycles. The summed E-state index contributed by atoms with van der Waals surface area (Å²) in [5.74, 6) is -0.876. The lowest BCUT2D eigenvalue weighted by atomic mass is 10.0. The molecular formula is C70H130O6. The molecule has 0 saturated carbocycles. The number of hydrogen-bond acceptors (Lipinski definition) is 6. The molecule has 0 aromatic carbocycles. The van der Waals surface area contributed by atoms with Gasteiger partial charge in [-0.25, -0.2) is 0 Å². The molecule has 6 heteroatoms. The van der Waals surface area contributed by atoms with Crippen molar-refractivity contribution in [1.82, 2.24) is 0 Å². The predicted octanol–water partition coefficient (Wildman–Crippen LogP) is 23.2. The van der Waals surface area contributed by atoms with Crippen LogP contribution in [0.4, 0.5) is 0 Å². The third kappa shape index (κ3) is 62.5. The van der Waals surface area contributed by atoms with Gasteiger partial charge in [0.15, 0.2) is 6.10 Å². The van der Waals surface area contributed by atoms with Crippen molar-refractivity contribution in [3.8, 4) is 0 Å². The van der Waals surface area contributed by atoms with Crippen LogP contribution in [0.5, 0.6) is 0 Å². The molecule has 0 radical (unpaired) electrons. The van der Waals surface area contributed by atoms with Crippen LogP contribution in [0.1, 0.15) is 374 Å². The van der Waals surface area contributed by atoms with E-state index in [1.807, 2.05) is 0 Å². The van der Waals surface area contributed by atoms with Crippen molar-refractivity contribution in [2.45, 2.75) is 380 Å². The van der Waals surface area contributed by atoms with Crippen LogP contribution in [0.3, 0.4) is 0 Å². The number of carbonyl (C=O) groups is 3. The molecule has 0 heterocycles. The molecule has 0 aromatic rings. The summed E-state index contributed by atoms with van der Waals surface area (Å²) in [5, 5.41) is 0. The molecule has 76 heavy (non-hydrogen) atoms. The van der Waals surface area contributed by atoms with E-state index in [1.165, 1.54) is 257 Å². The lowest BCUT2D eigenvalue weighted by Crippen LogP contribution is -2.30. The Morgan fingerprint density at radius 1 is 0.263 bits per heavy atom. The normalized spacial score (nSPS) is 12.2. The molecule has 1 unspecified atom stereocenters. The van der Waals surface area contributed by atoms with Crippen molar-refractivity contribution in [1.29, 1.82) is 0 Å². The van der Waals surface area contributed by atoms with Crippen LogP contribution in [-0.4, -0.2) is 37.2 Å². The lowest BCUT2D eigenvalue weighted by Gasteiger charge is -2.18. The van der Waals surface area contributed by atoms with Crippen molar-refractivity contribution < 1.29 is 28.6 Å². The molecule has 1 atom stereocenters. The minimum absolute atomic E-state index is 0.0736. The van der Waals surface area contributed by atoms with E-state index in [2.05, 4.69) is 57.2 Å². The first-order valence-electron chi connectivity index (χ1n) is 34.0. The topological polar surface area (TPSA) is 78.9 Å². The van der Waals surface area contributed by atoms with Crippen molar-refractivity contribution >= 4 is 17.9 Å². The van der Waals surface area contributed by atoms with Gasteiger partial charge in [0.1, 0.15) is 13.2 Å². The summed E-state index contributed by atoms with van der Waals surface area (Å²) in [6.45, 7) is 6.60. The van der Waals surface area contributed by atoms with Crippen LogP contribution in [0.2, 0.25) is 0 Å². The average Bonchev–Trinajstić information content (AvgIpc) is 3.42. The quantitative estimate of drug-likeness (QED) is 0.0261. The molecular weight excluding hydrogens is 937 g/mol. The molecule has 0 aliphatic heterocycles. The summed E-state index contributed by atoms with van der Waals surface area (Å²) >= 11 is 0. The van der Waals surface area contributed by atoms with Crippen molar-refractivity contribution in [2.24, 2.45) is 0 Å². The predicted molar refractivity (Wildman–Crippen MR) is 330 cm³/mol. The Bertz CT molecular complexity index is 1270. The third-order valence-electron chi connectivity index (χ3n) is 15.4. The van der Waals surface area contributed by atoms with Gasteiger partial charge in [-0.2, -0.15) is 0 Å². The Kier molecular flexibility index (Phi) is 63.1. The molecule has 0 spiro atoms. The highest BCUT2D eigenvalue weighted by atomic mass is 16.6. The minimum Gasteiger partial charge on any atom is -0.462 e. The zero-order valence-corrected chi connectivity index (χ0v) is 51.3. The highest BCUT2D eigenvalue weighted by molar-refractivity contribution is 5.71. The van der Waals surface area contributed by atoms with Gasteiger partial charge in [-0.3, -0.25) is 14.4 Å². The van der Waals surface area contributed by atoms with Gasteiger partial charge in [0.05, 0.1) is 0 Å². The number of esters is 3. The smallest absolute Gasteiger partial charge is 0.306 e. The Balaban J connectivity index is 3.94. The lowest BCUT2D eigenvalue weighted by molar-refractivity contribution is -0.167. The molecule has 446 valence electrons. The van der Waals surface area contributed by atoms with E-state index in [9.17, 15) is 14.4 Å². The Labute approximate surface area is 474 Å². The summed E-state index contributed by atoms with van der Waals surface area (Å²) in [4.78, 5) is 38.0. The van der Waals surface area contributed by atoms with Gasteiger partial charge < -0.3 is 14.2 Å². The highest BCUT2D eigenvalue weighted by Gasteiger charge is 2.19. The van der Waals surface area contributed by atoms with Crippen LogP contribution in [0.25, 0.3) is 0 Å². The number of ether oxygens (including phenoxy) is 3. The second-order valence-electron chi connectivity index (χ2n) is 23.1. The number of carbonyl (C=O) groups excluding carboxylic acids is 3. The van der Waals surface area contributed by atoms with E-state index >= 15 is 0 Å². The van der Waals surface area contributed by atoms with E-state index in [0.717, 1.165) is 77.0 Å². The van der Waals surface area contributed by atoms with E-state index in [4.69, 9.17) is 14.2 Å². The van der Waals surface area contributed by atoms with Crippen LogP contribution in [-0.2, 0) is 28.6 Å².